The summed E-state index contributed by atoms with van der Waals surface area (Å²) in [6, 6.07) is 48.1. The average molecular weight is 574 g/mol. The van der Waals surface area contributed by atoms with Gasteiger partial charge in [-0.3, -0.25) is 4.57 Å². The van der Waals surface area contributed by atoms with E-state index in [1.165, 1.54) is 32.3 Å². The van der Waals surface area contributed by atoms with Crippen LogP contribution in [-0.2, 0) is 0 Å². The Morgan fingerprint density at radius 3 is 2.02 bits per heavy atom. The largest absolute Gasteiger partial charge is 0.292 e. The van der Waals surface area contributed by atoms with Crippen LogP contribution >= 0.6 is 0 Å². The Bertz CT molecular complexity index is 2640. The normalized spacial score (nSPS) is 11.5. The summed E-state index contributed by atoms with van der Waals surface area (Å²) in [7, 11) is 0. The Morgan fingerprint density at radius 1 is 0.556 bits per heavy atom. The molecule has 0 saturated heterocycles. The fourth-order valence-electron chi connectivity index (χ4n) is 6.49. The van der Waals surface area contributed by atoms with Crippen molar-refractivity contribution in [1.82, 2.24) is 19.5 Å². The second-order valence-electron chi connectivity index (χ2n) is 11.2. The van der Waals surface area contributed by atoms with E-state index in [0.717, 1.165) is 44.8 Å². The Balaban J connectivity index is 1.35. The van der Waals surface area contributed by atoms with Gasteiger partial charge < -0.3 is 0 Å². The molecule has 5 heteroatoms. The van der Waals surface area contributed by atoms with Crippen molar-refractivity contribution in [3.8, 4) is 34.3 Å². The smallest absolute Gasteiger partial charge is 0.178 e. The molecule has 5 nitrogen and oxygen atoms in total. The number of pyridine rings is 1. The Morgan fingerprint density at radius 2 is 1.24 bits per heavy atom. The molecule has 45 heavy (non-hydrogen) atoms. The molecule has 0 aliphatic heterocycles. The molecule has 3 heterocycles. The molecule has 0 bridgehead atoms. The number of nitriles is 1. The van der Waals surface area contributed by atoms with Crippen molar-refractivity contribution in [3.05, 3.63) is 145 Å². The lowest BCUT2D eigenvalue weighted by Gasteiger charge is -2.14. The number of hydrogen-bond acceptors (Lipinski definition) is 4. The maximum absolute atomic E-state index is 9.21. The molecule has 6 aromatic carbocycles. The van der Waals surface area contributed by atoms with E-state index in [0.29, 0.717) is 11.2 Å². The highest BCUT2D eigenvalue weighted by Crippen LogP contribution is 2.40. The highest BCUT2D eigenvalue weighted by Gasteiger charge is 2.21. The van der Waals surface area contributed by atoms with Gasteiger partial charge in [0.25, 0.3) is 0 Å². The maximum atomic E-state index is 9.21. The van der Waals surface area contributed by atoms with Crippen LogP contribution in [0.15, 0.2) is 140 Å². The van der Waals surface area contributed by atoms with Crippen molar-refractivity contribution in [2.24, 2.45) is 0 Å². The second kappa shape index (κ2) is 9.84. The minimum Gasteiger partial charge on any atom is -0.292 e. The second-order valence-corrected chi connectivity index (χ2v) is 11.2. The SMILES string of the molecule is N#Cc1ccc(-c2ccc(-c3nc4ncccc4nc3-n3c4cc5ccccc5cc4c4c5ccccc5ccc43)cc2)cc1. The predicted octanol–water partition coefficient (Wildman–Crippen LogP) is 9.63. The van der Waals surface area contributed by atoms with Gasteiger partial charge in [0.05, 0.1) is 22.7 Å². The monoisotopic (exact) mass is 573 g/mol. The third-order valence-electron chi connectivity index (χ3n) is 8.66. The first-order chi connectivity index (χ1) is 22.2. The molecule has 3 aromatic heterocycles. The first-order valence-electron chi connectivity index (χ1n) is 14.8. The van der Waals surface area contributed by atoms with Crippen molar-refractivity contribution in [2.75, 3.05) is 0 Å². The fourth-order valence-corrected chi connectivity index (χ4v) is 6.49. The maximum Gasteiger partial charge on any atom is 0.178 e. The lowest BCUT2D eigenvalue weighted by Crippen LogP contribution is -2.04. The number of fused-ring (bicyclic) bond motifs is 7. The lowest BCUT2D eigenvalue weighted by molar-refractivity contribution is 1.07. The van der Waals surface area contributed by atoms with Gasteiger partial charge in [-0.2, -0.15) is 5.26 Å². The van der Waals surface area contributed by atoms with Gasteiger partial charge in [-0.15, -0.1) is 0 Å². The van der Waals surface area contributed by atoms with Crippen LogP contribution in [0.3, 0.4) is 0 Å². The first kappa shape index (κ1) is 25.1. The van der Waals surface area contributed by atoms with Gasteiger partial charge in [0.1, 0.15) is 11.2 Å². The van der Waals surface area contributed by atoms with Crippen molar-refractivity contribution in [1.29, 1.82) is 5.26 Å². The molecule has 0 unspecified atom stereocenters. The van der Waals surface area contributed by atoms with Gasteiger partial charge in [0.2, 0.25) is 0 Å². The number of nitrogens with zero attached hydrogens (tertiary/aromatic N) is 5. The molecule has 0 aliphatic rings. The van der Waals surface area contributed by atoms with E-state index < -0.39 is 0 Å². The molecule has 9 aromatic rings. The minimum absolute atomic E-state index is 0.601. The van der Waals surface area contributed by atoms with Gasteiger partial charge >= 0.3 is 0 Å². The van der Waals surface area contributed by atoms with Crippen molar-refractivity contribution in [3.63, 3.8) is 0 Å². The average Bonchev–Trinajstić information content (AvgIpc) is 3.43. The molecule has 0 aliphatic carbocycles. The van der Waals surface area contributed by atoms with Crippen LogP contribution < -0.4 is 0 Å². The Labute approximate surface area is 258 Å². The summed E-state index contributed by atoms with van der Waals surface area (Å²) in [5.74, 6) is 0.757. The van der Waals surface area contributed by atoms with Crippen LogP contribution in [0, 0.1) is 11.3 Å². The molecule has 0 radical (unpaired) electrons. The minimum atomic E-state index is 0.601. The highest BCUT2D eigenvalue weighted by atomic mass is 15.1. The molecule has 0 saturated carbocycles. The van der Waals surface area contributed by atoms with Gasteiger partial charge in [-0.05, 0) is 75.1 Å². The molecule has 0 spiro atoms. The highest BCUT2D eigenvalue weighted by molar-refractivity contribution is 6.23. The van der Waals surface area contributed by atoms with Crippen molar-refractivity contribution < 1.29 is 0 Å². The number of hydrogen-bond donors (Lipinski definition) is 0. The predicted molar refractivity (Wildman–Crippen MR) is 182 cm³/mol. The number of benzene rings is 6. The molecule has 0 atom stereocenters. The summed E-state index contributed by atoms with van der Waals surface area (Å²) in [6.07, 6.45) is 1.76. The summed E-state index contributed by atoms with van der Waals surface area (Å²) in [6.45, 7) is 0. The van der Waals surface area contributed by atoms with Crippen molar-refractivity contribution >= 4 is 54.5 Å². The van der Waals surface area contributed by atoms with Crippen LogP contribution in [0.1, 0.15) is 5.56 Å². The molecular weight excluding hydrogens is 550 g/mol. The van der Waals surface area contributed by atoms with Crippen LogP contribution in [0.25, 0.3) is 82.7 Å². The van der Waals surface area contributed by atoms with E-state index in [2.05, 4.69) is 113 Å². The summed E-state index contributed by atoms with van der Waals surface area (Å²) >= 11 is 0. The van der Waals surface area contributed by atoms with E-state index in [1.54, 1.807) is 6.20 Å². The number of aromatic nitrogens is 4. The van der Waals surface area contributed by atoms with E-state index in [9.17, 15) is 5.26 Å². The van der Waals surface area contributed by atoms with Crippen LogP contribution in [0.2, 0.25) is 0 Å². The van der Waals surface area contributed by atoms with Gasteiger partial charge in [-0.25, -0.2) is 15.0 Å². The van der Waals surface area contributed by atoms with Crippen LogP contribution in [0.5, 0.6) is 0 Å². The summed E-state index contributed by atoms with van der Waals surface area (Å²) < 4.78 is 2.27. The van der Waals surface area contributed by atoms with E-state index >= 15 is 0 Å². The third kappa shape index (κ3) is 3.97. The Hall–Kier alpha value is -6.38. The molecule has 0 fully saturated rings. The quantitative estimate of drug-likeness (QED) is 0.211. The lowest BCUT2D eigenvalue weighted by atomic mass is 10.0. The summed E-state index contributed by atoms with van der Waals surface area (Å²) in [5, 5.41) is 16.4. The van der Waals surface area contributed by atoms with E-state index in [-0.39, 0.29) is 0 Å². The van der Waals surface area contributed by atoms with Crippen LogP contribution in [0.4, 0.5) is 0 Å². The van der Waals surface area contributed by atoms with E-state index in [1.807, 2.05) is 36.4 Å². The van der Waals surface area contributed by atoms with Gasteiger partial charge in [0, 0.05) is 22.5 Å². The zero-order valence-electron chi connectivity index (χ0n) is 24.0. The zero-order chi connectivity index (χ0) is 29.9. The molecular formula is C40H23N5. The summed E-state index contributed by atoms with van der Waals surface area (Å²) in [4.78, 5) is 15.0. The molecule has 208 valence electrons. The molecule has 0 N–H and O–H groups in total. The topological polar surface area (TPSA) is 67.4 Å². The summed E-state index contributed by atoms with van der Waals surface area (Å²) in [5.41, 5.74) is 7.95. The van der Waals surface area contributed by atoms with Crippen LogP contribution in [-0.4, -0.2) is 19.5 Å². The number of rotatable bonds is 3. The standard InChI is InChI=1S/C40H23N5/c41-24-25-11-13-26(14-12-25)27-15-17-29(18-16-27)38-40(43-34-10-5-21-42-39(34)44-38)45-35-20-19-28-6-3-4-9-32(28)37(35)33-22-30-7-1-2-8-31(30)23-36(33)45/h1-23H. The molecule has 9 rings (SSSR count). The molecule has 0 amide bonds. The Kier molecular flexibility index (Phi) is 5.50. The van der Waals surface area contributed by atoms with Crippen molar-refractivity contribution in [2.45, 2.75) is 0 Å². The first-order valence-corrected chi connectivity index (χ1v) is 14.8. The van der Waals surface area contributed by atoms with Gasteiger partial charge in [-0.1, -0.05) is 91.0 Å². The fraction of sp³-hybridized carbons (Fsp3) is 0. The van der Waals surface area contributed by atoms with E-state index in [4.69, 9.17) is 9.97 Å². The van der Waals surface area contributed by atoms with Gasteiger partial charge in [0.15, 0.2) is 11.5 Å². The third-order valence-corrected chi connectivity index (χ3v) is 8.66. The zero-order valence-corrected chi connectivity index (χ0v) is 24.0.